The molecule has 0 aliphatic heterocycles. The van der Waals surface area contributed by atoms with Gasteiger partial charge in [-0.2, -0.15) is 0 Å². The van der Waals surface area contributed by atoms with Crippen molar-refractivity contribution in [3.8, 4) is 0 Å². The maximum Gasteiger partial charge on any atom is 0.251 e. The minimum Gasteiger partial charge on any atom is -0.551 e. The van der Waals surface area contributed by atoms with Crippen LogP contribution in [0.4, 0.5) is 0 Å². The number of carbonyl (C=O) groups excluding carboxylic acids is 2. The third-order valence-electron chi connectivity index (χ3n) is 3.22. The summed E-state index contributed by atoms with van der Waals surface area (Å²) < 4.78 is 5.06. The van der Waals surface area contributed by atoms with Gasteiger partial charge < -0.3 is 15.2 Å². The first-order chi connectivity index (χ1) is 10.8. The molecule has 1 aromatic rings. The molecule has 6 heteroatoms. The fraction of sp³-hybridized carbons (Fsp3) is 0.500. The molecule has 0 saturated heterocycles. The molecule has 0 aromatic heterocycles. The molecule has 24 heavy (non-hydrogen) atoms. The number of Topliss-reactive ketones (excluding diaryl/α,β-unsaturated/α-hetero) is 1. The van der Waals surface area contributed by atoms with Crippen LogP contribution in [0.5, 0.6) is 0 Å². The second-order valence-electron chi connectivity index (χ2n) is 5.82. The van der Waals surface area contributed by atoms with Crippen molar-refractivity contribution >= 4 is 11.7 Å². The van der Waals surface area contributed by atoms with E-state index in [4.69, 9.17) is 9.84 Å². The van der Waals surface area contributed by atoms with Crippen molar-refractivity contribution in [1.29, 1.82) is 0 Å². The van der Waals surface area contributed by atoms with Gasteiger partial charge in [0.05, 0.1) is 0 Å². The Morgan fingerprint density at radius 3 is 2.38 bits per heavy atom. The molecule has 5 nitrogen and oxygen atoms in total. The summed E-state index contributed by atoms with van der Waals surface area (Å²) in [4.78, 5) is 21.5. The monoisotopic (exact) mass is 474 g/mol. The second-order valence-corrected chi connectivity index (χ2v) is 5.82. The summed E-state index contributed by atoms with van der Waals surface area (Å²) in [5.74, 6) is -0.227. The van der Waals surface area contributed by atoms with Gasteiger partial charge in [0.2, 0.25) is 0 Å². The van der Waals surface area contributed by atoms with E-state index in [0.29, 0.717) is 12.1 Å². The summed E-state index contributed by atoms with van der Waals surface area (Å²) in [7, 11) is 3.42. The maximum absolute atomic E-state index is 11.9. The summed E-state index contributed by atoms with van der Waals surface area (Å²) in [6.45, 7) is 7.55. The van der Waals surface area contributed by atoms with Crippen molar-refractivity contribution in [3.05, 3.63) is 42.5 Å². The first-order valence-electron chi connectivity index (χ1n) is 7.66. The standard InChI is InChI=1S/C15H22NO2.C3H6O2.Sm/c1-5-12-7-6-8-13(11-12)14(17)16-10-9-15(2,3)18-4;1-3(5)2-4;/h6-8,11H,4-5,9-10H2,1-3H3,(H,16,17);4H,2H2,1H3;/q-1;;. The Hall–Kier alpha value is -0.382. The summed E-state index contributed by atoms with van der Waals surface area (Å²) in [6.07, 6.45) is 1.67. The summed E-state index contributed by atoms with van der Waals surface area (Å²) in [5.41, 5.74) is 1.57. The van der Waals surface area contributed by atoms with Gasteiger partial charge in [-0.15, -0.1) is 0 Å². The van der Waals surface area contributed by atoms with Gasteiger partial charge in [0.25, 0.3) is 5.91 Å². The number of rotatable bonds is 7. The summed E-state index contributed by atoms with van der Waals surface area (Å²) in [5, 5.41) is 10.7. The van der Waals surface area contributed by atoms with E-state index < -0.39 is 0 Å². The zero-order valence-electron chi connectivity index (χ0n) is 14.9. The fourth-order valence-electron chi connectivity index (χ4n) is 1.58. The van der Waals surface area contributed by atoms with Crippen molar-refractivity contribution in [1.82, 2.24) is 5.32 Å². The zero-order chi connectivity index (χ0) is 17.9. The van der Waals surface area contributed by atoms with Crippen LogP contribution in [0.25, 0.3) is 0 Å². The van der Waals surface area contributed by atoms with E-state index in [-0.39, 0.29) is 64.3 Å². The van der Waals surface area contributed by atoms with Gasteiger partial charge in [-0.1, -0.05) is 19.1 Å². The molecule has 0 unspecified atom stereocenters. The fourth-order valence-corrected chi connectivity index (χ4v) is 1.58. The minimum absolute atomic E-state index is 0. The molecule has 0 aliphatic carbocycles. The number of nitrogens with one attached hydrogen (secondary N) is 1. The van der Waals surface area contributed by atoms with Gasteiger partial charge >= 0.3 is 0 Å². The SMILES string of the molecule is CC(=O)CO.[CH2-]OC(C)(C)CCNC(=O)c1cccc(CC)c1.[Sm]. The number of carbonyl (C=O) groups is 2. The summed E-state index contributed by atoms with van der Waals surface area (Å²) >= 11 is 0. The van der Waals surface area contributed by atoms with Gasteiger partial charge in [0, 0.05) is 58.1 Å². The summed E-state index contributed by atoms with van der Waals surface area (Å²) in [6, 6.07) is 7.70. The minimum atomic E-state index is -0.333. The predicted octanol–water partition coefficient (Wildman–Crippen LogP) is 2.52. The number of benzene rings is 1. The first kappa shape index (κ1) is 25.9. The van der Waals surface area contributed by atoms with Crippen LogP contribution in [0.3, 0.4) is 0 Å². The normalized spacial score (nSPS) is 10.1. The largest absolute Gasteiger partial charge is 0.551 e. The second kappa shape index (κ2) is 13.9. The van der Waals surface area contributed by atoms with Gasteiger partial charge in [-0.3, -0.25) is 9.59 Å². The molecule has 0 bridgehead atoms. The molecule has 2 N–H and O–H groups in total. The van der Waals surface area contributed by atoms with Gasteiger partial charge in [-0.25, -0.2) is 7.11 Å². The van der Waals surface area contributed by atoms with E-state index in [1.807, 2.05) is 38.1 Å². The number of aryl methyl sites for hydroxylation is 1. The van der Waals surface area contributed by atoms with Gasteiger partial charge in [0.15, 0.2) is 5.78 Å². The van der Waals surface area contributed by atoms with E-state index in [1.54, 1.807) is 0 Å². The van der Waals surface area contributed by atoms with Gasteiger partial charge in [0.1, 0.15) is 6.61 Å². The maximum atomic E-state index is 11.9. The van der Waals surface area contributed by atoms with Crippen molar-refractivity contribution in [2.24, 2.45) is 0 Å². The third kappa shape index (κ3) is 12.0. The molecule has 0 radical (unpaired) electrons. The molecular formula is C18H28NO4Sm-. The number of aliphatic hydroxyl groups excluding tert-OH is 1. The molecule has 1 rings (SSSR count). The van der Waals surface area contributed by atoms with Crippen LogP contribution in [0.2, 0.25) is 0 Å². The molecule has 0 fully saturated rings. The number of aliphatic hydroxyl groups is 1. The average molecular weight is 473 g/mol. The smallest absolute Gasteiger partial charge is 0.251 e. The molecule has 0 atom stereocenters. The van der Waals surface area contributed by atoms with E-state index in [2.05, 4.69) is 19.4 Å². The predicted molar refractivity (Wildman–Crippen MR) is 91.1 cm³/mol. The molecule has 0 spiro atoms. The van der Waals surface area contributed by atoms with Crippen LogP contribution in [0.1, 0.15) is 50.0 Å². The Bertz CT molecular complexity index is 504. The number of hydrogen-bond acceptors (Lipinski definition) is 4. The number of ether oxygens (including phenoxy) is 1. The number of ketones is 1. The topological polar surface area (TPSA) is 75.6 Å². The molecule has 1 aromatic carbocycles. The Balaban J connectivity index is 0. The van der Waals surface area contributed by atoms with Crippen molar-refractivity contribution in [2.45, 2.75) is 46.1 Å². The van der Waals surface area contributed by atoms with Crippen LogP contribution >= 0.6 is 0 Å². The Labute approximate surface area is 177 Å². The molecular weight excluding hydrogens is 445 g/mol. The van der Waals surface area contributed by atoms with Gasteiger partial charge in [-0.05, 0) is 51.3 Å². The van der Waals surface area contributed by atoms with Crippen molar-refractivity contribution in [3.63, 3.8) is 0 Å². The third-order valence-corrected chi connectivity index (χ3v) is 3.22. The van der Waals surface area contributed by atoms with Crippen LogP contribution in [-0.4, -0.2) is 35.5 Å². The number of hydrogen-bond donors (Lipinski definition) is 2. The van der Waals surface area contributed by atoms with E-state index in [1.165, 1.54) is 12.5 Å². The van der Waals surface area contributed by atoms with Crippen LogP contribution < -0.4 is 5.32 Å². The molecule has 0 aliphatic rings. The molecule has 1 amide bonds. The molecule has 0 heterocycles. The Morgan fingerprint density at radius 2 is 1.92 bits per heavy atom. The Kier molecular flexibility index (Phi) is 14.9. The van der Waals surface area contributed by atoms with E-state index in [9.17, 15) is 9.59 Å². The average Bonchev–Trinajstić information content (AvgIpc) is 2.55. The van der Waals surface area contributed by atoms with Crippen molar-refractivity contribution < 1.29 is 59.8 Å². The van der Waals surface area contributed by atoms with Crippen molar-refractivity contribution in [2.75, 3.05) is 13.2 Å². The Morgan fingerprint density at radius 1 is 1.33 bits per heavy atom. The molecule has 0 saturated carbocycles. The van der Waals surface area contributed by atoms with E-state index >= 15 is 0 Å². The van der Waals surface area contributed by atoms with Crippen LogP contribution in [0, 0.1) is 47.5 Å². The zero-order valence-corrected chi connectivity index (χ0v) is 17.5. The number of amides is 1. The van der Waals surface area contributed by atoms with Crippen LogP contribution in [0.15, 0.2) is 24.3 Å². The van der Waals surface area contributed by atoms with Crippen LogP contribution in [-0.2, 0) is 16.0 Å². The quantitative estimate of drug-likeness (QED) is 0.598. The molecule has 136 valence electrons. The first-order valence-corrected chi connectivity index (χ1v) is 7.66. The van der Waals surface area contributed by atoms with E-state index in [0.717, 1.165) is 12.8 Å².